The van der Waals surface area contributed by atoms with Gasteiger partial charge in [0.25, 0.3) is 0 Å². The van der Waals surface area contributed by atoms with Gasteiger partial charge in [0.2, 0.25) is 0 Å². The van der Waals surface area contributed by atoms with E-state index in [2.05, 4.69) is 24.1 Å². The number of hydrogen-bond acceptors (Lipinski definition) is 1. The average Bonchev–Trinajstić information content (AvgIpc) is 2.25. The van der Waals surface area contributed by atoms with Gasteiger partial charge in [0.15, 0.2) is 0 Å². The van der Waals surface area contributed by atoms with Crippen molar-refractivity contribution in [3.63, 3.8) is 0 Å². The highest BCUT2D eigenvalue weighted by Crippen LogP contribution is 2.26. The maximum absolute atomic E-state index is 3.65. The quantitative estimate of drug-likeness (QED) is 0.534. The SMILES string of the molecule is CC#CCCNC1CCCCC1CC. The van der Waals surface area contributed by atoms with Gasteiger partial charge in [-0.1, -0.05) is 26.2 Å². The third-order valence-electron chi connectivity index (χ3n) is 3.27. The Bertz CT molecular complexity index is 199. The summed E-state index contributed by atoms with van der Waals surface area (Å²) < 4.78 is 0. The molecule has 0 aliphatic heterocycles. The van der Waals surface area contributed by atoms with Crippen LogP contribution in [0.15, 0.2) is 0 Å². The molecule has 80 valence electrons. The first-order valence-corrected chi connectivity index (χ1v) is 6.01. The van der Waals surface area contributed by atoms with Gasteiger partial charge >= 0.3 is 0 Å². The molecular formula is C13H23N. The van der Waals surface area contributed by atoms with Gasteiger partial charge in [-0.05, 0) is 25.7 Å². The maximum atomic E-state index is 3.65. The van der Waals surface area contributed by atoms with Gasteiger partial charge in [0.1, 0.15) is 0 Å². The van der Waals surface area contributed by atoms with Gasteiger partial charge in [-0.3, -0.25) is 0 Å². The molecule has 0 spiro atoms. The summed E-state index contributed by atoms with van der Waals surface area (Å²) >= 11 is 0. The molecule has 1 aliphatic rings. The Labute approximate surface area is 88.7 Å². The van der Waals surface area contributed by atoms with Crippen LogP contribution in [0.4, 0.5) is 0 Å². The summed E-state index contributed by atoms with van der Waals surface area (Å²) in [4.78, 5) is 0. The fourth-order valence-corrected chi connectivity index (χ4v) is 2.41. The van der Waals surface area contributed by atoms with Crippen molar-refractivity contribution in [2.45, 2.75) is 58.4 Å². The minimum atomic E-state index is 0.771. The molecule has 1 saturated carbocycles. The van der Waals surface area contributed by atoms with E-state index in [0.29, 0.717) is 0 Å². The molecular weight excluding hydrogens is 170 g/mol. The Morgan fingerprint density at radius 1 is 1.29 bits per heavy atom. The van der Waals surface area contributed by atoms with Crippen molar-refractivity contribution >= 4 is 0 Å². The molecule has 1 N–H and O–H groups in total. The lowest BCUT2D eigenvalue weighted by atomic mass is 9.83. The van der Waals surface area contributed by atoms with Crippen LogP contribution < -0.4 is 5.32 Å². The van der Waals surface area contributed by atoms with E-state index in [4.69, 9.17) is 0 Å². The topological polar surface area (TPSA) is 12.0 Å². The van der Waals surface area contributed by atoms with Crippen LogP contribution >= 0.6 is 0 Å². The lowest BCUT2D eigenvalue weighted by Crippen LogP contribution is -2.38. The van der Waals surface area contributed by atoms with E-state index in [-0.39, 0.29) is 0 Å². The van der Waals surface area contributed by atoms with Gasteiger partial charge in [0, 0.05) is 19.0 Å². The van der Waals surface area contributed by atoms with Crippen LogP contribution in [-0.4, -0.2) is 12.6 Å². The highest BCUT2D eigenvalue weighted by molar-refractivity contribution is 4.95. The summed E-state index contributed by atoms with van der Waals surface area (Å²) in [5.41, 5.74) is 0. The fourth-order valence-electron chi connectivity index (χ4n) is 2.41. The van der Waals surface area contributed by atoms with E-state index in [9.17, 15) is 0 Å². The van der Waals surface area contributed by atoms with E-state index in [1.54, 1.807) is 0 Å². The highest BCUT2D eigenvalue weighted by Gasteiger charge is 2.22. The number of rotatable bonds is 4. The molecule has 1 heteroatoms. The van der Waals surface area contributed by atoms with Crippen LogP contribution in [0.1, 0.15) is 52.4 Å². The lowest BCUT2D eigenvalue weighted by Gasteiger charge is -2.31. The zero-order valence-electron chi connectivity index (χ0n) is 9.60. The summed E-state index contributed by atoms with van der Waals surface area (Å²) in [6, 6.07) is 0.771. The van der Waals surface area contributed by atoms with Gasteiger partial charge in [-0.15, -0.1) is 11.8 Å². The Hall–Kier alpha value is -0.480. The smallest absolute Gasteiger partial charge is 0.0214 e. The summed E-state index contributed by atoms with van der Waals surface area (Å²) in [6.45, 7) is 5.30. The third-order valence-corrected chi connectivity index (χ3v) is 3.27. The molecule has 0 radical (unpaired) electrons. The highest BCUT2D eigenvalue weighted by atomic mass is 14.9. The van der Waals surface area contributed by atoms with Crippen LogP contribution in [0.25, 0.3) is 0 Å². The van der Waals surface area contributed by atoms with E-state index >= 15 is 0 Å². The van der Waals surface area contributed by atoms with Crippen molar-refractivity contribution in [1.29, 1.82) is 0 Å². The van der Waals surface area contributed by atoms with E-state index in [1.807, 2.05) is 6.92 Å². The van der Waals surface area contributed by atoms with Crippen LogP contribution in [0.5, 0.6) is 0 Å². The minimum absolute atomic E-state index is 0.771. The summed E-state index contributed by atoms with van der Waals surface area (Å²) in [7, 11) is 0. The number of nitrogens with one attached hydrogen (secondary N) is 1. The molecule has 14 heavy (non-hydrogen) atoms. The summed E-state index contributed by atoms with van der Waals surface area (Å²) in [5, 5.41) is 3.65. The molecule has 0 amide bonds. The summed E-state index contributed by atoms with van der Waals surface area (Å²) in [6.07, 6.45) is 7.98. The molecule has 2 unspecified atom stereocenters. The van der Waals surface area contributed by atoms with Gasteiger partial charge in [-0.25, -0.2) is 0 Å². The Morgan fingerprint density at radius 3 is 2.79 bits per heavy atom. The number of hydrogen-bond donors (Lipinski definition) is 1. The fraction of sp³-hybridized carbons (Fsp3) is 0.846. The Balaban J connectivity index is 2.21. The molecule has 1 fully saturated rings. The normalized spacial score (nSPS) is 26.7. The predicted octanol–water partition coefficient (Wildman–Crippen LogP) is 2.96. The monoisotopic (exact) mass is 193 g/mol. The Kier molecular flexibility index (Phi) is 5.71. The van der Waals surface area contributed by atoms with Crippen molar-refractivity contribution < 1.29 is 0 Å². The lowest BCUT2D eigenvalue weighted by molar-refractivity contribution is 0.257. The molecule has 2 atom stereocenters. The van der Waals surface area contributed by atoms with Crippen molar-refractivity contribution in [2.75, 3.05) is 6.54 Å². The average molecular weight is 193 g/mol. The first kappa shape index (κ1) is 11.6. The molecule has 1 rings (SSSR count). The van der Waals surface area contributed by atoms with Crippen molar-refractivity contribution in [2.24, 2.45) is 5.92 Å². The molecule has 0 bridgehead atoms. The zero-order chi connectivity index (χ0) is 10.2. The van der Waals surface area contributed by atoms with Crippen LogP contribution in [0.3, 0.4) is 0 Å². The molecule has 0 aromatic rings. The summed E-state index contributed by atoms with van der Waals surface area (Å²) in [5.74, 6) is 6.96. The van der Waals surface area contributed by atoms with Gasteiger partial charge in [-0.2, -0.15) is 0 Å². The molecule has 0 aromatic heterocycles. The maximum Gasteiger partial charge on any atom is 0.0214 e. The molecule has 0 heterocycles. The van der Waals surface area contributed by atoms with Crippen LogP contribution in [0, 0.1) is 17.8 Å². The second-order valence-corrected chi connectivity index (χ2v) is 4.19. The minimum Gasteiger partial charge on any atom is -0.313 e. The van der Waals surface area contributed by atoms with Gasteiger partial charge < -0.3 is 5.32 Å². The van der Waals surface area contributed by atoms with Crippen LogP contribution in [-0.2, 0) is 0 Å². The largest absolute Gasteiger partial charge is 0.313 e. The Morgan fingerprint density at radius 2 is 2.07 bits per heavy atom. The second kappa shape index (κ2) is 6.90. The molecule has 0 aromatic carbocycles. The third kappa shape index (κ3) is 3.72. The van der Waals surface area contributed by atoms with Crippen LogP contribution in [0.2, 0.25) is 0 Å². The first-order valence-electron chi connectivity index (χ1n) is 6.01. The van der Waals surface area contributed by atoms with E-state index in [0.717, 1.165) is 24.9 Å². The van der Waals surface area contributed by atoms with E-state index in [1.165, 1.54) is 32.1 Å². The molecule has 1 nitrogen and oxygen atoms in total. The van der Waals surface area contributed by atoms with Crippen molar-refractivity contribution in [3.05, 3.63) is 0 Å². The second-order valence-electron chi connectivity index (χ2n) is 4.19. The van der Waals surface area contributed by atoms with Crippen molar-refractivity contribution in [1.82, 2.24) is 5.32 Å². The molecule has 0 saturated heterocycles. The predicted molar refractivity (Wildman–Crippen MR) is 62.1 cm³/mol. The standard InChI is InChI=1S/C13H23N/c1-3-5-8-11-14-13-10-7-6-9-12(13)4-2/h12-14H,4,6-11H2,1-2H3. The van der Waals surface area contributed by atoms with Gasteiger partial charge in [0.05, 0.1) is 0 Å². The molecule has 1 aliphatic carbocycles. The van der Waals surface area contributed by atoms with E-state index < -0.39 is 0 Å². The first-order chi connectivity index (χ1) is 6.88. The zero-order valence-corrected chi connectivity index (χ0v) is 9.60. The van der Waals surface area contributed by atoms with Crippen molar-refractivity contribution in [3.8, 4) is 11.8 Å².